The molecule has 136 valence electrons. The highest BCUT2D eigenvalue weighted by Gasteiger charge is 2.17. The summed E-state index contributed by atoms with van der Waals surface area (Å²) in [6, 6.07) is 7.96. The van der Waals surface area contributed by atoms with Gasteiger partial charge in [-0.15, -0.1) is 11.3 Å². The van der Waals surface area contributed by atoms with Gasteiger partial charge in [0, 0.05) is 36.1 Å². The fourth-order valence-electron chi connectivity index (χ4n) is 3.42. The lowest BCUT2D eigenvalue weighted by Gasteiger charge is -2.26. The summed E-state index contributed by atoms with van der Waals surface area (Å²) in [6.07, 6.45) is 1.03. The molecule has 3 heterocycles. The van der Waals surface area contributed by atoms with Crippen molar-refractivity contribution < 1.29 is 9.53 Å². The monoisotopic (exact) mass is 371 g/mol. The van der Waals surface area contributed by atoms with Crippen molar-refractivity contribution in [1.82, 2.24) is 14.7 Å². The van der Waals surface area contributed by atoms with Gasteiger partial charge >= 0.3 is 0 Å². The van der Waals surface area contributed by atoms with Crippen molar-refractivity contribution in [1.29, 1.82) is 0 Å². The highest BCUT2D eigenvalue weighted by atomic mass is 32.1. The second kappa shape index (κ2) is 7.17. The number of thiophene rings is 1. The van der Waals surface area contributed by atoms with E-state index in [1.54, 1.807) is 11.3 Å². The summed E-state index contributed by atoms with van der Waals surface area (Å²) in [4.78, 5) is 27.0. The second-order valence-corrected chi connectivity index (χ2v) is 7.56. The number of hydrogen-bond acceptors (Lipinski definition) is 5. The van der Waals surface area contributed by atoms with Gasteiger partial charge in [-0.25, -0.2) is 4.68 Å². The lowest BCUT2D eigenvalue weighted by molar-refractivity contribution is -0.135. The Bertz CT molecular complexity index is 1020. The molecule has 4 rings (SSSR count). The maximum atomic E-state index is 12.9. The standard InChI is InChI=1S/C19H21N3O3S/c1-13-18-17(14-5-2-3-6-15(14)26-18)19(24)22(20-13)8-4-7-16(23)21-9-11-25-12-10-21/h2-3,5-6H,4,7-12H2,1H3. The zero-order chi connectivity index (χ0) is 18.1. The summed E-state index contributed by atoms with van der Waals surface area (Å²) >= 11 is 1.61. The highest BCUT2D eigenvalue weighted by Crippen LogP contribution is 2.32. The quantitative estimate of drug-likeness (QED) is 0.707. The number of fused-ring (bicyclic) bond motifs is 3. The summed E-state index contributed by atoms with van der Waals surface area (Å²) in [5.74, 6) is 0.125. The lowest BCUT2D eigenvalue weighted by Crippen LogP contribution is -2.40. The molecule has 0 unspecified atom stereocenters. The molecule has 0 spiro atoms. The number of carbonyl (C=O) groups is 1. The first kappa shape index (κ1) is 17.2. The number of amides is 1. The molecule has 3 aromatic rings. The third-order valence-corrected chi connectivity index (χ3v) is 6.05. The number of benzene rings is 1. The Balaban J connectivity index is 1.55. The molecule has 0 aliphatic carbocycles. The minimum atomic E-state index is -0.0677. The Morgan fingerprint density at radius 2 is 2.04 bits per heavy atom. The van der Waals surface area contributed by atoms with E-state index in [-0.39, 0.29) is 11.5 Å². The molecule has 1 fully saturated rings. The number of morpholine rings is 1. The Hall–Kier alpha value is -2.25. The summed E-state index contributed by atoms with van der Waals surface area (Å²) in [7, 11) is 0. The van der Waals surface area contributed by atoms with Crippen LogP contribution in [0.4, 0.5) is 0 Å². The zero-order valence-corrected chi connectivity index (χ0v) is 15.6. The molecule has 1 aliphatic rings. The van der Waals surface area contributed by atoms with Gasteiger partial charge in [0.15, 0.2) is 0 Å². The largest absolute Gasteiger partial charge is 0.378 e. The number of aryl methyl sites for hydroxylation is 2. The van der Waals surface area contributed by atoms with E-state index in [1.807, 2.05) is 36.1 Å². The van der Waals surface area contributed by atoms with Crippen molar-refractivity contribution in [2.24, 2.45) is 0 Å². The van der Waals surface area contributed by atoms with Crippen molar-refractivity contribution in [3.05, 3.63) is 40.3 Å². The predicted octanol–water partition coefficient (Wildman–Crippen LogP) is 2.56. The Labute approximate surface area is 155 Å². The Morgan fingerprint density at radius 3 is 2.85 bits per heavy atom. The summed E-state index contributed by atoms with van der Waals surface area (Å²) in [5, 5.41) is 6.21. The van der Waals surface area contributed by atoms with Gasteiger partial charge in [0.1, 0.15) is 0 Å². The molecule has 0 radical (unpaired) electrons. The molecule has 0 atom stereocenters. The topological polar surface area (TPSA) is 64.4 Å². The van der Waals surface area contributed by atoms with Crippen LogP contribution in [0.5, 0.6) is 0 Å². The summed E-state index contributed by atoms with van der Waals surface area (Å²) in [5.41, 5.74) is 0.794. The van der Waals surface area contributed by atoms with Crippen LogP contribution in [0.2, 0.25) is 0 Å². The average Bonchev–Trinajstić information content (AvgIpc) is 3.07. The van der Waals surface area contributed by atoms with E-state index < -0.39 is 0 Å². The number of ether oxygens (including phenoxy) is 1. The number of rotatable bonds is 4. The molecule has 1 saturated heterocycles. The fraction of sp³-hybridized carbons (Fsp3) is 0.421. The molecule has 1 aliphatic heterocycles. The van der Waals surface area contributed by atoms with E-state index in [0.717, 1.165) is 25.9 Å². The van der Waals surface area contributed by atoms with Gasteiger partial charge in [0.05, 0.1) is 29.0 Å². The van der Waals surface area contributed by atoms with Crippen LogP contribution in [0.25, 0.3) is 20.2 Å². The van der Waals surface area contributed by atoms with Crippen molar-refractivity contribution >= 4 is 37.4 Å². The van der Waals surface area contributed by atoms with Gasteiger partial charge in [-0.2, -0.15) is 5.10 Å². The fourth-order valence-corrected chi connectivity index (χ4v) is 4.55. The van der Waals surface area contributed by atoms with Crippen molar-refractivity contribution in [3.8, 4) is 0 Å². The van der Waals surface area contributed by atoms with Crippen LogP contribution in [0.3, 0.4) is 0 Å². The predicted molar refractivity (Wildman–Crippen MR) is 103 cm³/mol. The molecular formula is C19H21N3O3S. The first-order valence-electron chi connectivity index (χ1n) is 8.89. The molecule has 1 aromatic carbocycles. The Kier molecular flexibility index (Phi) is 4.74. The summed E-state index contributed by atoms with van der Waals surface area (Å²) in [6.45, 7) is 4.91. The molecule has 0 N–H and O–H groups in total. The SMILES string of the molecule is Cc1nn(CCCC(=O)N2CCOCC2)c(=O)c2c1sc1ccccc12. The molecule has 7 heteroatoms. The van der Waals surface area contributed by atoms with Crippen LogP contribution in [0, 0.1) is 6.92 Å². The van der Waals surface area contributed by atoms with Crippen molar-refractivity contribution in [2.75, 3.05) is 26.3 Å². The highest BCUT2D eigenvalue weighted by molar-refractivity contribution is 7.26. The number of aromatic nitrogens is 2. The van der Waals surface area contributed by atoms with Crippen LogP contribution in [-0.2, 0) is 16.1 Å². The van der Waals surface area contributed by atoms with E-state index in [2.05, 4.69) is 5.10 Å². The van der Waals surface area contributed by atoms with E-state index >= 15 is 0 Å². The van der Waals surface area contributed by atoms with Gasteiger partial charge in [-0.05, 0) is 19.4 Å². The van der Waals surface area contributed by atoms with E-state index in [4.69, 9.17) is 4.74 Å². The molecule has 6 nitrogen and oxygen atoms in total. The average molecular weight is 371 g/mol. The number of carbonyl (C=O) groups excluding carboxylic acids is 1. The molecule has 2 aromatic heterocycles. The molecule has 0 bridgehead atoms. The third kappa shape index (κ3) is 3.12. The van der Waals surface area contributed by atoms with Crippen molar-refractivity contribution in [2.45, 2.75) is 26.3 Å². The van der Waals surface area contributed by atoms with Crippen LogP contribution >= 0.6 is 11.3 Å². The van der Waals surface area contributed by atoms with Gasteiger partial charge in [-0.3, -0.25) is 9.59 Å². The first-order chi connectivity index (χ1) is 12.6. The van der Waals surface area contributed by atoms with Crippen LogP contribution in [-0.4, -0.2) is 46.9 Å². The third-order valence-electron chi connectivity index (χ3n) is 4.77. The maximum absolute atomic E-state index is 12.9. The number of hydrogen-bond donors (Lipinski definition) is 0. The van der Waals surface area contributed by atoms with Crippen LogP contribution in [0.15, 0.2) is 29.1 Å². The first-order valence-corrected chi connectivity index (χ1v) is 9.71. The zero-order valence-electron chi connectivity index (χ0n) is 14.7. The van der Waals surface area contributed by atoms with E-state index in [1.165, 1.54) is 4.68 Å². The van der Waals surface area contributed by atoms with E-state index in [0.29, 0.717) is 45.7 Å². The molecule has 1 amide bonds. The summed E-state index contributed by atoms with van der Waals surface area (Å²) < 4.78 is 8.85. The van der Waals surface area contributed by atoms with Gasteiger partial charge in [0.2, 0.25) is 5.91 Å². The van der Waals surface area contributed by atoms with Crippen LogP contribution in [0.1, 0.15) is 18.5 Å². The van der Waals surface area contributed by atoms with Crippen LogP contribution < -0.4 is 5.56 Å². The molecule has 26 heavy (non-hydrogen) atoms. The Morgan fingerprint density at radius 1 is 1.27 bits per heavy atom. The maximum Gasteiger partial charge on any atom is 0.276 e. The number of nitrogens with zero attached hydrogens (tertiary/aromatic N) is 3. The lowest BCUT2D eigenvalue weighted by atomic mass is 10.2. The van der Waals surface area contributed by atoms with E-state index in [9.17, 15) is 9.59 Å². The normalized spacial score (nSPS) is 15.0. The minimum absolute atomic E-state index is 0.0677. The second-order valence-electron chi connectivity index (χ2n) is 6.51. The van der Waals surface area contributed by atoms with Gasteiger partial charge < -0.3 is 9.64 Å². The molecular weight excluding hydrogens is 350 g/mol. The molecule has 0 saturated carbocycles. The van der Waals surface area contributed by atoms with Gasteiger partial charge in [-0.1, -0.05) is 18.2 Å². The smallest absolute Gasteiger partial charge is 0.276 e. The van der Waals surface area contributed by atoms with Crippen molar-refractivity contribution in [3.63, 3.8) is 0 Å². The minimum Gasteiger partial charge on any atom is -0.378 e. The van der Waals surface area contributed by atoms with Gasteiger partial charge in [0.25, 0.3) is 5.56 Å².